The Balaban J connectivity index is 0. The molecular weight excluding hydrogens is 484 g/mol. The number of rotatable bonds is 12. The molecule has 2 unspecified atom stereocenters. The SMILES string of the molecule is CC.CCC(=O)C(C)(C)CC(C)(S)C(=O)NC(C)(C)CC(C)(S)C(=O)NC(C)(C)CC(C)(C)S. The molecule has 2 N–H and O–H groups in total. The minimum atomic E-state index is -1.04. The largest absolute Gasteiger partial charge is 0.350 e. The van der Waals surface area contributed by atoms with Crippen molar-refractivity contribution in [1.82, 2.24) is 10.6 Å². The Morgan fingerprint density at radius 3 is 1.26 bits per heavy atom. The van der Waals surface area contributed by atoms with Crippen molar-refractivity contribution in [3.63, 3.8) is 0 Å². The molecule has 2 amide bonds. The van der Waals surface area contributed by atoms with Gasteiger partial charge < -0.3 is 10.6 Å². The zero-order valence-corrected chi connectivity index (χ0v) is 26.6. The van der Waals surface area contributed by atoms with Crippen molar-refractivity contribution in [3.05, 3.63) is 0 Å². The summed E-state index contributed by atoms with van der Waals surface area (Å²) in [5, 5.41) is 6.10. The van der Waals surface area contributed by atoms with Gasteiger partial charge in [0.15, 0.2) is 0 Å². The second-order valence-electron chi connectivity index (χ2n) is 12.2. The van der Waals surface area contributed by atoms with Crippen molar-refractivity contribution in [3.8, 4) is 0 Å². The van der Waals surface area contributed by atoms with E-state index in [1.807, 2.05) is 76.2 Å². The number of hydrogen-bond donors (Lipinski definition) is 5. The monoisotopic (exact) mass is 536 g/mol. The van der Waals surface area contributed by atoms with Gasteiger partial charge in [-0.25, -0.2) is 0 Å². The molecule has 5 nitrogen and oxygen atoms in total. The molecule has 0 aliphatic heterocycles. The number of ketones is 1. The summed E-state index contributed by atoms with van der Waals surface area (Å²) < 4.78 is -2.29. The Hall–Kier alpha value is -0.340. The molecule has 34 heavy (non-hydrogen) atoms. The summed E-state index contributed by atoms with van der Waals surface area (Å²) in [6.07, 6.45) is 1.72. The normalized spacial score (nSPS) is 16.4. The summed E-state index contributed by atoms with van der Waals surface area (Å²) in [5.41, 5.74) is -1.83. The molecule has 0 rings (SSSR count). The van der Waals surface area contributed by atoms with Crippen molar-refractivity contribution >= 4 is 55.5 Å². The number of thiol groups is 3. The van der Waals surface area contributed by atoms with E-state index in [2.05, 4.69) is 48.5 Å². The van der Waals surface area contributed by atoms with E-state index in [4.69, 9.17) is 0 Å². The van der Waals surface area contributed by atoms with Gasteiger partial charge in [-0.2, -0.15) is 37.9 Å². The minimum absolute atomic E-state index is 0.0939. The number of amides is 2. The van der Waals surface area contributed by atoms with Gasteiger partial charge >= 0.3 is 0 Å². The van der Waals surface area contributed by atoms with E-state index in [0.717, 1.165) is 0 Å². The van der Waals surface area contributed by atoms with E-state index in [1.54, 1.807) is 13.8 Å². The number of hydrogen-bond acceptors (Lipinski definition) is 6. The molecule has 0 aliphatic carbocycles. The van der Waals surface area contributed by atoms with Gasteiger partial charge in [0.05, 0.1) is 9.49 Å². The second kappa shape index (κ2) is 12.8. The minimum Gasteiger partial charge on any atom is -0.350 e. The molecule has 0 radical (unpaired) electrons. The number of nitrogens with one attached hydrogen (secondary N) is 2. The first-order valence-electron chi connectivity index (χ1n) is 12.2. The fourth-order valence-electron chi connectivity index (χ4n) is 4.51. The predicted octanol–water partition coefficient (Wildman–Crippen LogP) is 6.06. The molecule has 0 saturated heterocycles. The highest BCUT2D eigenvalue weighted by Gasteiger charge is 2.43. The first-order valence-corrected chi connectivity index (χ1v) is 13.6. The van der Waals surface area contributed by atoms with E-state index < -0.39 is 26.0 Å². The molecular formula is C26H52N2O3S3. The van der Waals surface area contributed by atoms with Gasteiger partial charge in [-0.15, -0.1) is 0 Å². The smallest absolute Gasteiger partial charge is 0.236 e. The van der Waals surface area contributed by atoms with Crippen molar-refractivity contribution in [2.24, 2.45) is 5.41 Å². The third-order valence-electron chi connectivity index (χ3n) is 5.41. The summed E-state index contributed by atoms with van der Waals surface area (Å²) >= 11 is 13.8. The van der Waals surface area contributed by atoms with Crippen LogP contribution in [0.15, 0.2) is 0 Å². The molecule has 0 spiro atoms. The van der Waals surface area contributed by atoms with Crippen molar-refractivity contribution in [2.75, 3.05) is 0 Å². The molecule has 202 valence electrons. The van der Waals surface area contributed by atoms with E-state index in [1.165, 1.54) is 0 Å². The molecule has 0 aromatic carbocycles. The van der Waals surface area contributed by atoms with Gasteiger partial charge in [0.25, 0.3) is 0 Å². The van der Waals surface area contributed by atoms with Gasteiger partial charge in [-0.3, -0.25) is 14.4 Å². The molecule has 0 aromatic heterocycles. The number of Topliss-reactive ketones (excluding diaryl/α,β-unsaturated/α-hetero) is 1. The molecule has 0 saturated carbocycles. The summed E-state index contributed by atoms with van der Waals surface area (Å²) in [4.78, 5) is 38.4. The lowest BCUT2D eigenvalue weighted by Crippen LogP contribution is -2.58. The first kappa shape index (κ1) is 35.8. The summed E-state index contributed by atoms with van der Waals surface area (Å²) in [6, 6.07) is 0. The van der Waals surface area contributed by atoms with Gasteiger partial charge in [-0.05, 0) is 60.8 Å². The average molecular weight is 537 g/mol. The van der Waals surface area contributed by atoms with Gasteiger partial charge in [-0.1, -0.05) is 48.5 Å². The van der Waals surface area contributed by atoms with Crippen LogP contribution in [0.1, 0.15) is 116 Å². The molecule has 8 heteroatoms. The van der Waals surface area contributed by atoms with Crippen LogP contribution in [0.4, 0.5) is 0 Å². The Labute approximate surface area is 226 Å². The highest BCUT2D eigenvalue weighted by Crippen LogP contribution is 2.35. The highest BCUT2D eigenvalue weighted by molar-refractivity contribution is 7.83. The molecule has 0 heterocycles. The van der Waals surface area contributed by atoms with Crippen LogP contribution in [-0.4, -0.2) is 42.9 Å². The van der Waals surface area contributed by atoms with Gasteiger partial charge in [0.1, 0.15) is 5.78 Å². The van der Waals surface area contributed by atoms with Gasteiger partial charge in [0.2, 0.25) is 11.8 Å². The second-order valence-corrected chi connectivity index (χ2v) is 15.4. The quantitative estimate of drug-likeness (QED) is 0.197. The maximum atomic E-state index is 13.1. The van der Waals surface area contributed by atoms with Crippen LogP contribution < -0.4 is 10.6 Å². The van der Waals surface area contributed by atoms with Crippen LogP contribution in [0, 0.1) is 5.41 Å². The third-order valence-corrected chi connectivity index (χ3v) is 6.29. The third kappa shape index (κ3) is 13.1. The number of carbonyl (C=O) groups excluding carboxylic acids is 3. The van der Waals surface area contributed by atoms with E-state index >= 15 is 0 Å². The molecule has 0 aromatic rings. The summed E-state index contributed by atoms with van der Waals surface area (Å²) in [6.45, 7) is 24.6. The Bertz CT molecular complexity index is 707. The van der Waals surface area contributed by atoms with Crippen LogP contribution >= 0.6 is 37.9 Å². The summed E-state index contributed by atoms with van der Waals surface area (Å²) in [5.74, 6) is -0.380. The van der Waals surface area contributed by atoms with Crippen molar-refractivity contribution < 1.29 is 14.4 Å². The Morgan fingerprint density at radius 1 is 0.618 bits per heavy atom. The van der Waals surface area contributed by atoms with Crippen LogP contribution in [0.5, 0.6) is 0 Å². The van der Waals surface area contributed by atoms with Crippen LogP contribution in [-0.2, 0) is 14.4 Å². The Kier molecular flexibility index (Phi) is 13.4. The first-order chi connectivity index (χ1) is 14.9. The fourth-order valence-corrected chi connectivity index (χ4v) is 5.81. The van der Waals surface area contributed by atoms with Crippen LogP contribution in [0.3, 0.4) is 0 Å². The van der Waals surface area contributed by atoms with Crippen LogP contribution in [0.25, 0.3) is 0 Å². The lowest BCUT2D eigenvalue weighted by Gasteiger charge is -2.40. The zero-order chi connectivity index (χ0) is 28.0. The predicted molar refractivity (Wildman–Crippen MR) is 157 cm³/mol. The lowest BCUT2D eigenvalue weighted by atomic mass is 9.77. The maximum Gasteiger partial charge on any atom is 0.236 e. The average Bonchev–Trinajstić information content (AvgIpc) is 2.57. The van der Waals surface area contributed by atoms with Gasteiger partial charge in [0, 0.05) is 27.7 Å². The molecule has 0 fully saturated rings. The van der Waals surface area contributed by atoms with Crippen molar-refractivity contribution in [2.45, 2.75) is 141 Å². The van der Waals surface area contributed by atoms with E-state index in [0.29, 0.717) is 25.7 Å². The van der Waals surface area contributed by atoms with Crippen molar-refractivity contribution in [1.29, 1.82) is 0 Å². The van der Waals surface area contributed by atoms with E-state index in [-0.39, 0.29) is 22.3 Å². The standard InChI is InChI=1S/C24H46N2O3S3.C2H6/c1-12-16(27)19(2,3)13-23(10,31)17(28)26-21(6,7)15-24(11,32)18(29)25-20(4,5)14-22(8,9)30;1-2/h30-32H,12-15H2,1-11H3,(H,25,29)(H,26,28);1-2H3. The molecule has 0 bridgehead atoms. The highest BCUT2D eigenvalue weighted by atomic mass is 32.1. The van der Waals surface area contributed by atoms with E-state index in [9.17, 15) is 14.4 Å². The fraction of sp³-hybridized carbons (Fsp3) is 0.885. The number of carbonyl (C=O) groups is 3. The topological polar surface area (TPSA) is 75.3 Å². The Morgan fingerprint density at radius 2 is 0.941 bits per heavy atom. The maximum absolute atomic E-state index is 13.1. The molecule has 0 aliphatic rings. The zero-order valence-electron chi connectivity index (χ0n) is 23.9. The summed E-state index contributed by atoms with van der Waals surface area (Å²) in [7, 11) is 0. The lowest BCUT2D eigenvalue weighted by molar-refractivity contribution is -0.130. The molecule has 2 atom stereocenters. The van der Waals surface area contributed by atoms with Crippen LogP contribution in [0.2, 0.25) is 0 Å².